The van der Waals surface area contributed by atoms with E-state index in [1.165, 1.54) is 11.3 Å². The van der Waals surface area contributed by atoms with Crippen LogP contribution in [0.1, 0.15) is 18.9 Å². The Balaban J connectivity index is 1.91. The molecule has 0 saturated heterocycles. The normalized spacial score (nSPS) is 10.2. The van der Waals surface area contributed by atoms with E-state index in [1.807, 2.05) is 42.5 Å². The molecule has 110 valence electrons. The van der Waals surface area contributed by atoms with Crippen LogP contribution in [0.3, 0.4) is 0 Å². The van der Waals surface area contributed by atoms with E-state index in [9.17, 15) is 4.79 Å². The number of nitrogens with one attached hydrogen (secondary N) is 1. The number of anilines is 2. The topological polar surface area (TPSA) is 32.3 Å². The lowest BCUT2D eigenvalue weighted by atomic mass is 10.1. The fraction of sp³-hybridized carbons (Fsp3) is 0.278. The Morgan fingerprint density at radius 1 is 1.05 bits per heavy atom. The van der Waals surface area contributed by atoms with Crippen molar-refractivity contribution in [2.75, 3.05) is 23.3 Å². The zero-order chi connectivity index (χ0) is 15.1. The second-order valence-electron chi connectivity index (χ2n) is 5.03. The van der Waals surface area contributed by atoms with Crippen molar-refractivity contribution in [2.24, 2.45) is 0 Å². The first-order valence-electron chi connectivity index (χ1n) is 7.36. The highest BCUT2D eigenvalue weighted by Gasteiger charge is 2.09. The minimum atomic E-state index is 0.0493. The maximum Gasteiger partial charge on any atom is 0.226 e. The summed E-state index contributed by atoms with van der Waals surface area (Å²) in [4.78, 5) is 14.2. The molecule has 2 rings (SSSR count). The lowest BCUT2D eigenvalue weighted by Gasteiger charge is -2.24. The van der Waals surface area contributed by atoms with Crippen LogP contribution in [0.2, 0.25) is 0 Å². The molecule has 21 heavy (non-hydrogen) atoms. The first kappa shape index (κ1) is 15.1. The van der Waals surface area contributed by atoms with Gasteiger partial charge in [0.1, 0.15) is 0 Å². The van der Waals surface area contributed by atoms with Crippen LogP contribution < -0.4 is 10.2 Å². The Morgan fingerprint density at radius 2 is 1.71 bits per heavy atom. The van der Waals surface area contributed by atoms with Crippen LogP contribution in [0, 0.1) is 6.92 Å². The molecule has 0 aliphatic rings. The van der Waals surface area contributed by atoms with E-state index in [-0.39, 0.29) is 5.91 Å². The number of nitrogens with zero attached hydrogens (tertiary/aromatic N) is 1. The third-order valence-corrected chi connectivity index (χ3v) is 3.50. The van der Waals surface area contributed by atoms with Gasteiger partial charge in [-0.25, -0.2) is 0 Å². The molecule has 3 heteroatoms. The summed E-state index contributed by atoms with van der Waals surface area (Å²) in [5, 5.41) is 2.92. The molecule has 0 fully saturated rings. The maximum absolute atomic E-state index is 12.0. The standard InChI is InChI=1S/C18H22N2O/c1-3-20(17-12-8-7-9-15(17)2)14-13-18(21)19-16-10-5-4-6-11-16/h4-12H,3,13-14H2,1-2H3,(H,19,21). The van der Waals surface area contributed by atoms with Crippen molar-refractivity contribution < 1.29 is 4.79 Å². The average Bonchev–Trinajstić information content (AvgIpc) is 2.50. The first-order chi connectivity index (χ1) is 10.2. The van der Waals surface area contributed by atoms with Crippen molar-refractivity contribution >= 4 is 17.3 Å². The lowest BCUT2D eigenvalue weighted by Crippen LogP contribution is -2.28. The van der Waals surface area contributed by atoms with E-state index < -0.39 is 0 Å². The largest absolute Gasteiger partial charge is 0.371 e. The maximum atomic E-state index is 12.0. The quantitative estimate of drug-likeness (QED) is 0.872. The molecule has 0 bridgehead atoms. The molecule has 2 aromatic rings. The first-order valence-corrected chi connectivity index (χ1v) is 7.36. The fourth-order valence-corrected chi connectivity index (χ4v) is 2.35. The molecule has 0 atom stereocenters. The Hall–Kier alpha value is -2.29. The summed E-state index contributed by atoms with van der Waals surface area (Å²) in [5.41, 5.74) is 3.29. The van der Waals surface area contributed by atoms with Crippen LogP contribution >= 0.6 is 0 Å². The third-order valence-electron chi connectivity index (χ3n) is 3.50. The van der Waals surface area contributed by atoms with Gasteiger partial charge in [-0.15, -0.1) is 0 Å². The van der Waals surface area contributed by atoms with E-state index in [2.05, 4.69) is 36.2 Å². The zero-order valence-electron chi connectivity index (χ0n) is 12.7. The van der Waals surface area contributed by atoms with E-state index in [0.717, 1.165) is 18.8 Å². The molecule has 0 heterocycles. The number of para-hydroxylation sites is 2. The molecule has 3 nitrogen and oxygen atoms in total. The molecule has 2 aromatic carbocycles. The lowest BCUT2D eigenvalue weighted by molar-refractivity contribution is -0.116. The Morgan fingerprint density at radius 3 is 2.38 bits per heavy atom. The summed E-state index contributed by atoms with van der Waals surface area (Å²) in [6.45, 7) is 5.83. The molecule has 0 saturated carbocycles. The molecular formula is C18H22N2O. The summed E-state index contributed by atoms with van der Waals surface area (Å²) in [6, 6.07) is 17.8. The zero-order valence-corrected chi connectivity index (χ0v) is 12.7. The summed E-state index contributed by atoms with van der Waals surface area (Å²) in [6.07, 6.45) is 0.483. The molecule has 0 radical (unpaired) electrons. The van der Waals surface area contributed by atoms with Crippen LogP contribution in [0.15, 0.2) is 54.6 Å². The van der Waals surface area contributed by atoms with Gasteiger partial charge in [-0.05, 0) is 37.6 Å². The van der Waals surface area contributed by atoms with Crippen LogP contribution in [-0.4, -0.2) is 19.0 Å². The molecule has 0 aliphatic heterocycles. The van der Waals surface area contributed by atoms with Gasteiger partial charge in [-0.2, -0.15) is 0 Å². The Bertz CT molecular complexity index is 581. The fourth-order valence-electron chi connectivity index (χ4n) is 2.35. The van der Waals surface area contributed by atoms with Crippen molar-refractivity contribution in [3.8, 4) is 0 Å². The van der Waals surface area contributed by atoms with Gasteiger partial charge in [0.2, 0.25) is 5.91 Å². The Labute approximate surface area is 126 Å². The summed E-state index contributed by atoms with van der Waals surface area (Å²) >= 11 is 0. The van der Waals surface area contributed by atoms with Gasteiger partial charge in [0, 0.05) is 30.9 Å². The predicted octanol–water partition coefficient (Wildman–Crippen LogP) is 3.85. The van der Waals surface area contributed by atoms with Crippen molar-refractivity contribution in [1.29, 1.82) is 0 Å². The minimum absolute atomic E-state index is 0.0493. The second-order valence-corrected chi connectivity index (χ2v) is 5.03. The summed E-state index contributed by atoms with van der Waals surface area (Å²) < 4.78 is 0. The Kier molecular flexibility index (Phi) is 5.38. The number of carbonyl (C=O) groups is 1. The third kappa shape index (κ3) is 4.35. The minimum Gasteiger partial charge on any atom is -0.371 e. The molecule has 0 aliphatic carbocycles. The number of hydrogen-bond acceptors (Lipinski definition) is 2. The van der Waals surface area contributed by atoms with Gasteiger partial charge in [0.05, 0.1) is 0 Å². The van der Waals surface area contributed by atoms with Crippen molar-refractivity contribution in [2.45, 2.75) is 20.3 Å². The summed E-state index contributed by atoms with van der Waals surface area (Å²) in [5.74, 6) is 0.0493. The van der Waals surface area contributed by atoms with Gasteiger partial charge < -0.3 is 10.2 Å². The van der Waals surface area contributed by atoms with Gasteiger partial charge in [-0.3, -0.25) is 4.79 Å². The van der Waals surface area contributed by atoms with Crippen molar-refractivity contribution in [3.63, 3.8) is 0 Å². The van der Waals surface area contributed by atoms with Crippen LogP contribution in [0.4, 0.5) is 11.4 Å². The number of carbonyl (C=O) groups excluding carboxylic acids is 1. The van der Waals surface area contributed by atoms with E-state index >= 15 is 0 Å². The van der Waals surface area contributed by atoms with Gasteiger partial charge in [0.15, 0.2) is 0 Å². The molecule has 0 aromatic heterocycles. The van der Waals surface area contributed by atoms with Crippen LogP contribution in [-0.2, 0) is 4.79 Å². The molecule has 1 N–H and O–H groups in total. The number of hydrogen-bond donors (Lipinski definition) is 1. The highest BCUT2D eigenvalue weighted by Crippen LogP contribution is 2.19. The monoisotopic (exact) mass is 282 g/mol. The number of amides is 1. The number of rotatable bonds is 6. The van der Waals surface area contributed by atoms with Gasteiger partial charge >= 0.3 is 0 Å². The van der Waals surface area contributed by atoms with E-state index in [0.29, 0.717) is 6.42 Å². The molecule has 1 amide bonds. The van der Waals surface area contributed by atoms with Crippen molar-refractivity contribution in [1.82, 2.24) is 0 Å². The smallest absolute Gasteiger partial charge is 0.226 e. The number of benzene rings is 2. The van der Waals surface area contributed by atoms with Gasteiger partial charge in [-0.1, -0.05) is 36.4 Å². The van der Waals surface area contributed by atoms with Crippen LogP contribution in [0.5, 0.6) is 0 Å². The van der Waals surface area contributed by atoms with Gasteiger partial charge in [0.25, 0.3) is 0 Å². The molecule has 0 unspecified atom stereocenters. The molecular weight excluding hydrogens is 260 g/mol. The highest BCUT2D eigenvalue weighted by atomic mass is 16.1. The number of aryl methyl sites for hydroxylation is 1. The van der Waals surface area contributed by atoms with Crippen LogP contribution in [0.25, 0.3) is 0 Å². The van der Waals surface area contributed by atoms with E-state index in [1.54, 1.807) is 0 Å². The average molecular weight is 282 g/mol. The van der Waals surface area contributed by atoms with E-state index in [4.69, 9.17) is 0 Å². The SMILES string of the molecule is CCN(CCC(=O)Nc1ccccc1)c1ccccc1C. The second kappa shape index (κ2) is 7.48. The summed E-state index contributed by atoms with van der Waals surface area (Å²) in [7, 11) is 0. The predicted molar refractivity (Wildman–Crippen MR) is 88.8 cm³/mol. The molecule has 0 spiro atoms. The van der Waals surface area contributed by atoms with Crippen molar-refractivity contribution in [3.05, 3.63) is 60.2 Å². The highest BCUT2D eigenvalue weighted by molar-refractivity contribution is 5.91.